The fourth-order valence-electron chi connectivity index (χ4n) is 3.58. The third-order valence-electron chi connectivity index (χ3n) is 5.66. The van der Waals surface area contributed by atoms with Crippen molar-refractivity contribution in [3.8, 4) is 0 Å². The molecule has 3 heterocycles. The van der Waals surface area contributed by atoms with Crippen LogP contribution in [0.1, 0.15) is 52.5 Å². The summed E-state index contributed by atoms with van der Waals surface area (Å²) < 4.78 is 68.8. The fourth-order valence-corrected chi connectivity index (χ4v) is 3.58. The van der Waals surface area contributed by atoms with Gasteiger partial charge in [0, 0.05) is 57.4 Å². The van der Waals surface area contributed by atoms with Crippen molar-refractivity contribution in [1.29, 1.82) is 0 Å². The molecule has 3 N–H and O–H groups in total. The van der Waals surface area contributed by atoms with Crippen LogP contribution in [-0.4, -0.2) is 93.6 Å². The predicted molar refractivity (Wildman–Crippen MR) is 137 cm³/mol. The number of carboxylic acid groups (broad SMARTS) is 2. The third-order valence-corrected chi connectivity index (χ3v) is 5.66. The highest BCUT2D eigenvalue weighted by atomic mass is 19.4. The van der Waals surface area contributed by atoms with Crippen LogP contribution in [0.25, 0.3) is 0 Å². The van der Waals surface area contributed by atoms with Gasteiger partial charge in [-0.3, -0.25) is 9.69 Å². The van der Waals surface area contributed by atoms with E-state index in [2.05, 4.69) is 29.2 Å². The number of aromatic nitrogens is 2. The molecule has 2 aromatic rings. The van der Waals surface area contributed by atoms with Crippen molar-refractivity contribution in [3.63, 3.8) is 0 Å². The van der Waals surface area contributed by atoms with E-state index in [0.717, 1.165) is 49.6 Å². The molecule has 0 saturated heterocycles. The van der Waals surface area contributed by atoms with Gasteiger partial charge in [-0.15, -0.1) is 0 Å². The Morgan fingerprint density at radius 1 is 1.02 bits per heavy atom. The highest BCUT2D eigenvalue weighted by molar-refractivity contribution is 5.98. The number of halogens is 6. The van der Waals surface area contributed by atoms with Crippen molar-refractivity contribution in [2.24, 2.45) is 0 Å². The summed E-state index contributed by atoms with van der Waals surface area (Å²) >= 11 is 0. The van der Waals surface area contributed by atoms with Gasteiger partial charge < -0.3 is 25.0 Å². The molecule has 42 heavy (non-hydrogen) atoms. The number of anilines is 1. The minimum Gasteiger partial charge on any atom is -0.475 e. The number of alkyl halides is 6. The van der Waals surface area contributed by atoms with Gasteiger partial charge in [-0.2, -0.15) is 26.3 Å². The van der Waals surface area contributed by atoms with Crippen LogP contribution >= 0.6 is 0 Å². The Balaban J connectivity index is 0.000000522. The number of fused-ring (bicyclic) bond motifs is 1. The summed E-state index contributed by atoms with van der Waals surface area (Å²) in [7, 11) is 3.55. The minimum atomic E-state index is -5.08. The van der Waals surface area contributed by atoms with Gasteiger partial charge in [-0.05, 0) is 45.7 Å². The van der Waals surface area contributed by atoms with Gasteiger partial charge in [0.2, 0.25) is 0 Å². The van der Waals surface area contributed by atoms with Crippen LogP contribution in [0.4, 0.5) is 32.2 Å². The second kappa shape index (κ2) is 14.8. The van der Waals surface area contributed by atoms with Gasteiger partial charge in [0.05, 0.1) is 11.3 Å². The van der Waals surface area contributed by atoms with Crippen LogP contribution < -0.4 is 5.32 Å². The molecule has 0 unspecified atom stereocenters. The standard InChI is InChI=1S/C21H31N5O2.2C2HF3O2/c1-13(2)22-20-17(21(27)25(5)6)11-16-7-9-26(10-8-19(16)23-20)12-18-14(3)24-28-15(18)4;2*3-2(4,5)1(6)7/h11,13H,7-10,12H2,1-6H3,(H,22,23);2*(H,6,7). The van der Waals surface area contributed by atoms with Crippen molar-refractivity contribution < 1.29 is 55.5 Å². The maximum Gasteiger partial charge on any atom is 0.490 e. The maximum atomic E-state index is 12.7. The first kappa shape index (κ1) is 36.1. The number of pyridine rings is 1. The van der Waals surface area contributed by atoms with Crippen molar-refractivity contribution in [3.05, 3.63) is 39.9 Å². The van der Waals surface area contributed by atoms with E-state index < -0.39 is 24.3 Å². The number of hydrogen-bond acceptors (Lipinski definition) is 8. The molecule has 0 atom stereocenters. The third kappa shape index (κ3) is 11.2. The second-order valence-electron chi connectivity index (χ2n) is 9.67. The number of carbonyl (C=O) groups excluding carboxylic acids is 1. The Morgan fingerprint density at radius 3 is 1.93 bits per heavy atom. The van der Waals surface area contributed by atoms with Crippen LogP contribution in [0.3, 0.4) is 0 Å². The fraction of sp³-hybridized carbons (Fsp3) is 0.560. The van der Waals surface area contributed by atoms with E-state index in [0.29, 0.717) is 11.4 Å². The quantitative estimate of drug-likeness (QED) is 0.421. The molecule has 0 bridgehead atoms. The highest BCUT2D eigenvalue weighted by Crippen LogP contribution is 2.25. The number of aliphatic carboxylic acids is 2. The van der Waals surface area contributed by atoms with Gasteiger partial charge in [0.1, 0.15) is 11.6 Å². The second-order valence-corrected chi connectivity index (χ2v) is 9.67. The van der Waals surface area contributed by atoms with E-state index in [-0.39, 0.29) is 11.9 Å². The Bertz CT molecular complexity index is 1200. The molecule has 11 nitrogen and oxygen atoms in total. The molecule has 1 amide bonds. The summed E-state index contributed by atoms with van der Waals surface area (Å²) in [5, 5.41) is 21.7. The molecule has 2 aromatic heterocycles. The summed E-state index contributed by atoms with van der Waals surface area (Å²) in [5.74, 6) is -3.96. The largest absolute Gasteiger partial charge is 0.490 e. The summed E-state index contributed by atoms with van der Waals surface area (Å²) in [4.78, 5) is 39.4. The molecule has 0 aliphatic carbocycles. The number of carbonyl (C=O) groups is 3. The zero-order chi connectivity index (χ0) is 32.6. The number of nitrogens with zero attached hydrogens (tertiary/aromatic N) is 4. The first-order chi connectivity index (χ1) is 19.1. The number of aryl methyl sites for hydroxylation is 2. The Kier molecular flexibility index (Phi) is 12.8. The average molecular weight is 614 g/mol. The van der Waals surface area contributed by atoms with Crippen LogP contribution in [0, 0.1) is 13.8 Å². The van der Waals surface area contributed by atoms with Gasteiger partial charge >= 0.3 is 24.3 Å². The van der Waals surface area contributed by atoms with Crippen LogP contribution in [0.15, 0.2) is 10.6 Å². The van der Waals surface area contributed by atoms with E-state index >= 15 is 0 Å². The van der Waals surface area contributed by atoms with Crippen LogP contribution in [-0.2, 0) is 29.0 Å². The van der Waals surface area contributed by atoms with E-state index in [9.17, 15) is 31.1 Å². The molecular formula is C25H33F6N5O6. The van der Waals surface area contributed by atoms with Crippen LogP contribution in [0.5, 0.6) is 0 Å². The lowest BCUT2D eigenvalue weighted by atomic mass is 10.0. The lowest BCUT2D eigenvalue weighted by molar-refractivity contribution is -0.193. The smallest absolute Gasteiger partial charge is 0.475 e. The zero-order valence-corrected chi connectivity index (χ0v) is 23.8. The van der Waals surface area contributed by atoms with Gasteiger partial charge in [-0.25, -0.2) is 14.6 Å². The van der Waals surface area contributed by atoms with E-state index in [1.54, 1.807) is 19.0 Å². The van der Waals surface area contributed by atoms with E-state index in [1.807, 2.05) is 19.9 Å². The monoisotopic (exact) mass is 613 g/mol. The molecule has 17 heteroatoms. The van der Waals surface area contributed by atoms with Crippen LogP contribution in [0.2, 0.25) is 0 Å². The van der Waals surface area contributed by atoms with Gasteiger partial charge in [0.15, 0.2) is 0 Å². The molecule has 0 saturated carbocycles. The summed E-state index contributed by atoms with van der Waals surface area (Å²) in [6.07, 6.45) is -8.43. The SMILES string of the molecule is Cc1noc(C)c1CN1CCc2cc(C(=O)N(C)C)c(NC(C)C)nc2CC1.O=C(O)C(F)(F)F.O=C(O)C(F)(F)F. The maximum absolute atomic E-state index is 12.7. The zero-order valence-electron chi connectivity index (χ0n) is 23.8. The molecular weight excluding hydrogens is 580 g/mol. The number of hydrogen-bond donors (Lipinski definition) is 3. The first-order valence-electron chi connectivity index (χ1n) is 12.4. The number of amides is 1. The van der Waals surface area contributed by atoms with E-state index in [1.165, 1.54) is 11.1 Å². The molecule has 1 aliphatic heterocycles. The van der Waals surface area contributed by atoms with Gasteiger partial charge in [0.25, 0.3) is 5.91 Å². The van der Waals surface area contributed by atoms with Gasteiger partial charge in [-0.1, -0.05) is 5.16 Å². The van der Waals surface area contributed by atoms with E-state index in [4.69, 9.17) is 29.3 Å². The summed E-state index contributed by atoms with van der Waals surface area (Å²) in [6, 6.07) is 2.25. The minimum absolute atomic E-state index is 0.0183. The lowest BCUT2D eigenvalue weighted by Gasteiger charge is -2.19. The molecule has 236 valence electrons. The molecule has 0 radical (unpaired) electrons. The summed E-state index contributed by atoms with van der Waals surface area (Å²) in [6.45, 7) is 10.7. The average Bonchev–Trinajstić information content (AvgIpc) is 3.04. The Hall–Kier alpha value is -3.89. The van der Waals surface area contributed by atoms with Crippen molar-refractivity contribution >= 4 is 23.7 Å². The predicted octanol–water partition coefficient (Wildman–Crippen LogP) is 4.08. The normalized spacial score (nSPS) is 13.5. The summed E-state index contributed by atoms with van der Waals surface area (Å²) in [5.41, 5.74) is 5.03. The lowest BCUT2D eigenvalue weighted by Crippen LogP contribution is -2.26. The van der Waals surface area contributed by atoms with Crippen molar-refractivity contribution in [2.75, 3.05) is 32.5 Å². The Morgan fingerprint density at radius 2 is 1.52 bits per heavy atom. The number of nitrogens with one attached hydrogen (secondary N) is 1. The topological polar surface area (TPSA) is 149 Å². The molecule has 3 rings (SSSR count). The molecule has 0 aromatic carbocycles. The van der Waals surface area contributed by atoms with Crippen molar-refractivity contribution in [2.45, 2.75) is 65.5 Å². The Labute approximate surface area is 237 Å². The number of rotatable bonds is 5. The molecule has 1 aliphatic rings. The first-order valence-corrected chi connectivity index (χ1v) is 12.4. The van der Waals surface area contributed by atoms with Crippen molar-refractivity contribution in [1.82, 2.24) is 19.9 Å². The number of carboxylic acids is 2. The molecule has 0 spiro atoms. The molecule has 0 fully saturated rings. The highest BCUT2D eigenvalue weighted by Gasteiger charge is 2.38.